The summed E-state index contributed by atoms with van der Waals surface area (Å²) in [5, 5.41) is 0.926. The van der Waals surface area contributed by atoms with Crippen molar-refractivity contribution in [3.63, 3.8) is 0 Å². The Morgan fingerprint density at radius 3 is 2.20 bits per heavy atom. The molecule has 1 aromatic heterocycles. The molecule has 0 N–H and O–H groups in total. The molecule has 0 unspecified atom stereocenters. The van der Waals surface area contributed by atoms with Crippen LogP contribution in [0.5, 0.6) is 0 Å². The fourth-order valence-corrected chi connectivity index (χ4v) is 0.510. The minimum absolute atomic E-state index is 0.463. The van der Waals surface area contributed by atoms with Crippen molar-refractivity contribution in [1.82, 2.24) is 0 Å². The lowest BCUT2D eigenvalue weighted by Crippen LogP contribution is -1.16. The van der Waals surface area contributed by atoms with E-state index < -0.39 is 0 Å². The van der Waals surface area contributed by atoms with Crippen LogP contribution >= 0.6 is 11.3 Å². The summed E-state index contributed by atoms with van der Waals surface area (Å²) in [5.41, 5.74) is 0. The molecule has 0 aliphatic carbocycles. The van der Waals surface area contributed by atoms with Gasteiger partial charge >= 0.3 is 0 Å². The van der Waals surface area contributed by atoms with Gasteiger partial charge in [-0.25, -0.2) is 0 Å². The third-order valence-electron chi connectivity index (χ3n) is 0.337. The summed E-state index contributed by atoms with van der Waals surface area (Å²) >= 11 is 1.18. The van der Waals surface area contributed by atoms with Gasteiger partial charge in [-0.2, -0.15) is 11.3 Å². The lowest BCUT2D eigenvalue weighted by atomic mass is 10.7. The van der Waals surface area contributed by atoms with Crippen LogP contribution in [0.1, 0.15) is 2.74 Å². The molecule has 0 spiro atoms. The molecule has 0 aliphatic rings. The van der Waals surface area contributed by atoms with Crippen molar-refractivity contribution < 1.29 is 2.74 Å². The number of hydrogen-bond donors (Lipinski definition) is 0. The van der Waals surface area contributed by atoms with Gasteiger partial charge in [0.25, 0.3) is 0 Å². The highest BCUT2D eigenvalue weighted by molar-refractivity contribution is 7.07. The molecule has 0 aromatic carbocycles. The summed E-state index contributed by atoms with van der Waals surface area (Å²) in [5.74, 6) is 0. The van der Waals surface area contributed by atoms with E-state index in [1.165, 1.54) is 11.3 Å². The first-order valence-corrected chi connectivity index (χ1v) is 2.14. The summed E-state index contributed by atoms with van der Waals surface area (Å²) in [6, 6.07) is 3.24. The molecule has 0 fully saturated rings. The lowest BCUT2D eigenvalue weighted by molar-refractivity contribution is 2.03. The van der Waals surface area contributed by atoms with Crippen LogP contribution in [0.2, 0.25) is 0 Å². The van der Waals surface area contributed by atoms with Gasteiger partial charge in [-0.1, -0.05) is 12.1 Å². The van der Waals surface area contributed by atoms with Crippen LogP contribution < -0.4 is 0 Å². The van der Waals surface area contributed by atoms with E-state index in [9.17, 15) is 0 Å². The Labute approximate surface area is 37.9 Å². The van der Waals surface area contributed by atoms with Crippen molar-refractivity contribution in [3.05, 3.63) is 22.8 Å². The smallest absolute Gasteiger partial charge is 0.0739 e. The first kappa shape index (κ1) is 1.43. The predicted molar refractivity (Wildman–Crippen MR) is 24.3 cm³/mol. The van der Waals surface area contributed by atoms with Crippen LogP contribution in [0.25, 0.3) is 0 Å². The van der Waals surface area contributed by atoms with Gasteiger partial charge < -0.3 is 0 Å². The monoisotopic (exact) mass is 86.0 g/mol. The zero-order chi connectivity index (χ0) is 5.28. The Kier molecular flexibility index (Phi) is 0.350. The maximum Gasteiger partial charge on any atom is 0.0739 e. The molecule has 0 radical (unpaired) electrons. The highest BCUT2D eigenvalue weighted by atomic mass is 32.1. The molecule has 1 rings (SSSR count). The molecule has 5 heavy (non-hydrogen) atoms. The Bertz CT molecular complexity index is 142. The zero-order valence-electron chi connectivity index (χ0n) is 4.56. The van der Waals surface area contributed by atoms with Crippen molar-refractivity contribution >= 4 is 11.3 Å². The normalized spacial score (nSPS) is 13.6. The number of hydrogen-bond acceptors (Lipinski definition) is 1. The van der Waals surface area contributed by atoms with Crippen LogP contribution in [-0.2, 0) is 0 Å². The summed E-state index contributed by atoms with van der Waals surface area (Å²) in [6.07, 6.45) is 0. The second-order valence-electron chi connectivity index (χ2n) is 0.671. The minimum Gasteiger partial charge on any atom is -0.152 e. The molecule has 0 saturated carbocycles. The second kappa shape index (κ2) is 1.22. The van der Waals surface area contributed by atoms with Crippen LogP contribution in [-0.4, -0.2) is 0 Å². The molecule has 0 atom stereocenters. The average Bonchev–Trinajstić information content (AvgIpc) is 1.87. The van der Waals surface area contributed by atoms with Gasteiger partial charge in [-0.15, -0.1) is 0 Å². The molecule has 0 bridgehead atoms. The molecule has 0 amide bonds. The van der Waals surface area contributed by atoms with Crippen molar-refractivity contribution in [2.75, 3.05) is 0 Å². The largest absolute Gasteiger partial charge is 0.152 e. The summed E-state index contributed by atoms with van der Waals surface area (Å²) in [7, 11) is 0. The van der Waals surface area contributed by atoms with Gasteiger partial charge in [0.1, 0.15) is 0 Å². The highest BCUT2D eigenvalue weighted by Gasteiger charge is 1.58. The van der Waals surface area contributed by atoms with E-state index >= 15 is 0 Å². The summed E-state index contributed by atoms with van der Waals surface area (Å²) in [6.45, 7) is 0. The third kappa shape index (κ3) is 0.484. The van der Waals surface area contributed by atoms with E-state index in [0.717, 1.165) is 0 Å². The van der Waals surface area contributed by atoms with E-state index in [-0.39, 0.29) is 0 Å². The third-order valence-corrected chi connectivity index (χ3v) is 0.845. The van der Waals surface area contributed by atoms with Crippen LogP contribution in [0.15, 0.2) is 22.8 Å². The molecule has 0 aliphatic heterocycles. The standard InChI is InChI=1S/C4H4S/c1-2-4-5-3-1/h1-4H/i3D,4D. The van der Waals surface area contributed by atoms with E-state index in [0.29, 0.717) is 10.7 Å². The molecular formula is C4H4S. The van der Waals surface area contributed by atoms with Crippen molar-refractivity contribution in [1.29, 1.82) is 0 Å². The predicted octanol–water partition coefficient (Wildman–Crippen LogP) is 1.75. The van der Waals surface area contributed by atoms with Gasteiger partial charge in [-0.3, -0.25) is 0 Å². The first-order valence-electron chi connectivity index (χ1n) is 2.32. The molecular weight excluding hydrogens is 80.1 g/mol. The van der Waals surface area contributed by atoms with Crippen molar-refractivity contribution in [2.45, 2.75) is 0 Å². The van der Waals surface area contributed by atoms with E-state index in [1.807, 2.05) is 0 Å². The fraction of sp³-hybridized carbons (Fsp3) is 0. The Morgan fingerprint density at radius 1 is 1.40 bits per heavy atom. The van der Waals surface area contributed by atoms with E-state index in [4.69, 9.17) is 2.74 Å². The van der Waals surface area contributed by atoms with Gasteiger partial charge in [0.15, 0.2) is 0 Å². The van der Waals surface area contributed by atoms with Crippen molar-refractivity contribution in [3.8, 4) is 0 Å². The maximum absolute atomic E-state index is 6.91. The van der Waals surface area contributed by atoms with Gasteiger partial charge in [-0.05, 0) is 10.7 Å². The average molecular weight is 86.2 g/mol. The minimum atomic E-state index is 0.463. The number of thiophene rings is 1. The molecule has 1 aromatic rings. The lowest BCUT2D eigenvalue weighted by Gasteiger charge is -1.39. The SMILES string of the molecule is [2H]c1ccc([2H])s1. The molecule has 1 heterocycles. The van der Waals surface area contributed by atoms with Gasteiger partial charge in [0.2, 0.25) is 0 Å². The van der Waals surface area contributed by atoms with Crippen molar-refractivity contribution in [2.24, 2.45) is 0 Å². The molecule has 26 valence electrons. The van der Waals surface area contributed by atoms with Gasteiger partial charge in [0, 0.05) is 0 Å². The molecule has 0 saturated heterocycles. The van der Waals surface area contributed by atoms with Crippen LogP contribution in [0.3, 0.4) is 0 Å². The number of rotatable bonds is 0. The second-order valence-corrected chi connectivity index (χ2v) is 1.35. The fourth-order valence-electron chi connectivity index (χ4n) is 0.170. The Hall–Kier alpha value is -0.300. The van der Waals surface area contributed by atoms with Crippen LogP contribution in [0.4, 0.5) is 0 Å². The maximum atomic E-state index is 6.91. The molecule has 1 heteroatoms. The summed E-state index contributed by atoms with van der Waals surface area (Å²) in [4.78, 5) is 0. The molecule has 0 nitrogen and oxygen atoms in total. The topological polar surface area (TPSA) is 0 Å². The Balaban J connectivity index is 3.04. The van der Waals surface area contributed by atoms with E-state index in [1.54, 1.807) is 12.1 Å². The first-order chi connectivity index (χ1) is 3.29. The van der Waals surface area contributed by atoms with Gasteiger partial charge in [0.05, 0.1) is 2.74 Å². The van der Waals surface area contributed by atoms with Crippen LogP contribution in [0, 0.1) is 0 Å². The quantitative estimate of drug-likeness (QED) is 0.451. The highest BCUT2D eigenvalue weighted by Crippen LogP contribution is 1.91. The Morgan fingerprint density at radius 2 is 2.00 bits per heavy atom. The van der Waals surface area contributed by atoms with E-state index in [2.05, 4.69) is 0 Å². The zero-order valence-corrected chi connectivity index (χ0v) is 3.38. The summed E-state index contributed by atoms with van der Waals surface area (Å²) < 4.78 is 13.8.